The van der Waals surface area contributed by atoms with Gasteiger partial charge < -0.3 is 14.3 Å². The molecule has 1 atom stereocenters. The van der Waals surface area contributed by atoms with Crippen LogP contribution in [0.15, 0.2) is 33.5 Å². The van der Waals surface area contributed by atoms with Crippen LogP contribution in [-0.2, 0) is 9.53 Å². The Morgan fingerprint density at radius 3 is 2.78 bits per heavy atom. The van der Waals surface area contributed by atoms with Gasteiger partial charge in [0.1, 0.15) is 17.4 Å². The average Bonchev–Trinajstić information content (AvgIpc) is 2.26. The van der Waals surface area contributed by atoms with Crippen LogP contribution in [0, 0.1) is 0 Å². The van der Waals surface area contributed by atoms with Crippen molar-refractivity contribution in [3.63, 3.8) is 0 Å². The molecule has 94 valence electrons. The number of carbonyl (C=O) groups excluding carboxylic acids is 1. The Hall–Kier alpha value is -2.30. The minimum Gasteiger partial charge on any atom is -0.508 e. The fourth-order valence-corrected chi connectivity index (χ4v) is 1.71. The predicted molar refractivity (Wildman–Crippen MR) is 64.3 cm³/mol. The van der Waals surface area contributed by atoms with E-state index in [0.717, 1.165) is 0 Å². The van der Waals surface area contributed by atoms with E-state index in [9.17, 15) is 14.7 Å². The van der Waals surface area contributed by atoms with Crippen LogP contribution >= 0.6 is 0 Å². The van der Waals surface area contributed by atoms with E-state index < -0.39 is 17.7 Å². The largest absolute Gasteiger partial charge is 0.508 e. The van der Waals surface area contributed by atoms with E-state index in [1.54, 1.807) is 19.1 Å². The summed E-state index contributed by atoms with van der Waals surface area (Å²) in [6.07, 6.45) is -0.669. The second-order valence-corrected chi connectivity index (χ2v) is 3.96. The van der Waals surface area contributed by atoms with E-state index >= 15 is 0 Å². The Morgan fingerprint density at radius 2 is 2.11 bits per heavy atom. The van der Waals surface area contributed by atoms with Crippen molar-refractivity contribution < 1.29 is 19.1 Å². The first-order valence-corrected chi connectivity index (χ1v) is 5.41. The van der Waals surface area contributed by atoms with Crippen LogP contribution < -0.4 is 5.63 Å². The van der Waals surface area contributed by atoms with E-state index in [2.05, 4.69) is 0 Å². The molecule has 1 heterocycles. The molecule has 5 heteroatoms. The molecule has 0 bridgehead atoms. The number of phenolic OH excluding ortho intramolecular Hbond substituents is 1. The molecule has 2 rings (SSSR count). The van der Waals surface area contributed by atoms with E-state index in [1.165, 1.54) is 19.1 Å². The minimum atomic E-state index is -0.669. The first-order valence-electron chi connectivity index (χ1n) is 5.41. The highest BCUT2D eigenvalue weighted by molar-refractivity contribution is 5.78. The van der Waals surface area contributed by atoms with Gasteiger partial charge in [0, 0.05) is 18.4 Å². The Morgan fingerprint density at radius 1 is 1.39 bits per heavy atom. The summed E-state index contributed by atoms with van der Waals surface area (Å²) in [4.78, 5) is 22.6. The van der Waals surface area contributed by atoms with Crippen molar-refractivity contribution in [2.24, 2.45) is 0 Å². The molecule has 0 aliphatic carbocycles. The summed E-state index contributed by atoms with van der Waals surface area (Å²) in [5.74, 6) is -0.445. The highest BCUT2D eigenvalue weighted by atomic mass is 16.5. The van der Waals surface area contributed by atoms with Crippen LogP contribution in [0.3, 0.4) is 0 Å². The molecule has 0 amide bonds. The summed E-state index contributed by atoms with van der Waals surface area (Å²) in [6.45, 7) is 2.87. The smallest absolute Gasteiger partial charge is 0.343 e. The quantitative estimate of drug-likeness (QED) is 0.650. The van der Waals surface area contributed by atoms with Gasteiger partial charge in [-0.05, 0) is 25.1 Å². The highest BCUT2D eigenvalue weighted by Gasteiger charge is 2.15. The van der Waals surface area contributed by atoms with Gasteiger partial charge in [0.05, 0.1) is 5.56 Å². The Balaban J connectivity index is 2.53. The third-order valence-corrected chi connectivity index (χ3v) is 2.53. The predicted octanol–water partition coefficient (Wildman–Crippen LogP) is 2.12. The molecular weight excluding hydrogens is 236 g/mol. The van der Waals surface area contributed by atoms with Crippen LogP contribution in [0.5, 0.6) is 5.75 Å². The lowest BCUT2D eigenvalue weighted by atomic mass is 10.1. The van der Waals surface area contributed by atoms with Crippen LogP contribution in [0.25, 0.3) is 11.0 Å². The van der Waals surface area contributed by atoms with Gasteiger partial charge in [-0.25, -0.2) is 4.79 Å². The molecule has 0 aliphatic heterocycles. The Labute approximate surface area is 103 Å². The number of benzene rings is 1. The molecule has 2 aromatic rings. The maximum Gasteiger partial charge on any atom is 0.343 e. The SMILES string of the molecule is CC(=O)OC(C)c1cc2ccc(O)cc2oc1=O. The van der Waals surface area contributed by atoms with Crippen molar-refractivity contribution in [2.75, 3.05) is 0 Å². The number of hydrogen-bond donors (Lipinski definition) is 1. The monoisotopic (exact) mass is 248 g/mol. The zero-order valence-electron chi connectivity index (χ0n) is 9.97. The molecule has 1 N–H and O–H groups in total. The van der Waals surface area contributed by atoms with Crippen LogP contribution in [0.4, 0.5) is 0 Å². The lowest BCUT2D eigenvalue weighted by Crippen LogP contribution is -2.14. The number of rotatable bonds is 2. The third-order valence-electron chi connectivity index (χ3n) is 2.53. The number of esters is 1. The van der Waals surface area contributed by atoms with Crippen molar-refractivity contribution in [1.82, 2.24) is 0 Å². The van der Waals surface area contributed by atoms with Crippen LogP contribution in [0.1, 0.15) is 25.5 Å². The number of phenols is 1. The summed E-state index contributed by atoms with van der Waals surface area (Å²) in [6, 6.07) is 6.06. The van der Waals surface area contributed by atoms with Crippen molar-refractivity contribution in [2.45, 2.75) is 20.0 Å². The standard InChI is InChI=1S/C13H12O5/c1-7(17-8(2)14)11-5-9-3-4-10(15)6-12(9)18-13(11)16/h3-7,15H,1-2H3. The fourth-order valence-electron chi connectivity index (χ4n) is 1.71. The summed E-state index contributed by atoms with van der Waals surface area (Å²) >= 11 is 0. The number of ether oxygens (including phenoxy) is 1. The molecule has 5 nitrogen and oxygen atoms in total. The van der Waals surface area contributed by atoms with Crippen LogP contribution in [0.2, 0.25) is 0 Å². The molecule has 0 saturated carbocycles. The molecule has 0 radical (unpaired) electrons. The van der Waals surface area contributed by atoms with Crippen molar-refractivity contribution in [3.05, 3.63) is 40.2 Å². The van der Waals surface area contributed by atoms with Gasteiger partial charge in [-0.3, -0.25) is 4.79 Å². The van der Waals surface area contributed by atoms with E-state index in [1.807, 2.05) is 0 Å². The van der Waals surface area contributed by atoms with E-state index in [4.69, 9.17) is 9.15 Å². The summed E-state index contributed by atoms with van der Waals surface area (Å²) < 4.78 is 10.0. The van der Waals surface area contributed by atoms with Gasteiger partial charge in [0.15, 0.2) is 0 Å². The van der Waals surface area contributed by atoms with Gasteiger partial charge in [-0.15, -0.1) is 0 Å². The first-order chi connectivity index (χ1) is 8.47. The second-order valence-electron chi connectivity index (χ2n) is 3.96. The maximum atomic E-state index is 11.7. The number of carbonyl (C=O) groups is 1. The normalized spacial score (nSPS) is 12.3. The molecular formula is C13H12O5. The molecule has 1 aromatic heterocycles. The summed E-state index contributed by atoms with van der Waals surface area (Å²) in [5, 5.41) is 9.94. The Kier molecular flexibility index (Phi) is 3.06. The molecule has 0 saturated heterocycles. The highest BCUT2D eigenvalue weighted by Crippen LogP contribution is 2.22. The van der Waals surface area contributed by atoms with Crippen molar-refractivity contribution in [3.8, 4) is 5.75 Å². The van der Waals surface area contributed by atoms with Gasteiger partial charge in [0.25, 0.3) is 0 Å². The van der Waals surface area contributed by atoms with Gasteiger partial charge >= 0.3 is 11.6 Å². The maximum absolute atomic E-state index is 11.7. The topological polar surface area (TPSA) is 76.7 Å². The molecule has 0 fully saturated rings. The van der Waals surface area contributed by atoms with Gasteiger partial charge in [-0.1, -0.05) is 0 Å². The molecule has 0 spiro atoms. The zero-order chi connectivity index (χ0) is 13.3. The molecule has 1 unspecified atom stereocenters. The van der Waals surface area contributed by atoms with Gasteiger partial charge in [-0.2, -0.15) is 0 Å². The number of fused-ring (bicyclic) bond motifs is 1. The van der Waals surface area contributed by atoms with E-state index in [0.29, 0.717) is 11.0 Å². The lowest BCUT2D eigenvalue weighted by molar-refractivity contribution is -0.145. The second kappa shape index (κ2) is 4.52. The third kappa shape index (κ3) is 2.34. The summed E-state index contributed by atoms with van der Waals surface area (Å²) in [5.41, 5.74) is -0.0241. The first kappa shape index (κ1) is 12.2. The molecule has 18 heavy (non-hydrogen) atoms. The molecule has 1 aromatic carbocycles. The lowest BCUT2D eigenvalue weighted by Gasteiger charge is -2.11. The molecule has 0 aliphatic rings. The minimum absolute atomic E-state index is 0.0198. The summed E-state index contributed by atoms with van der Waals surface area (Å²) in [7, 11) is 0. The zero-order valence-corrected chi connectivity index (χ0v) is 9.97. The van der Waals surface area contributed by atoms with Crippen molar-refractivity contribution >= 4 is 16.9 Å². The fraction of sp³-hybridized carbons (Fsp3) is 0.231. The van der Waals surface area contributed by atoms with Gasteiger partial charge in [0.2, 0.25) is 0 Å². The number of hydrogen-bond acceptors (Lipinski definition) is 5. The number of aromatic hydroxyl groups is 1. The van der Waals surface area contributed by atoms with Crippen LogP contribution in [-0.4, -0.2) is 11.1 Å². The van der Waals surface area contributed by atoms with E-state index in [-0.39, 0.29) is 11.3 Å². The Bertz CT molecular complexity index is 656. The van der Waals surface area contributed by atoms with Crippen molar-refractivity contribution in [1.29, 1.82) is 0 Å². The average molecular weight is 248 g/mol.